The number of aromatic nitrogens is 1. The largest absolute Gasteiger partial charge is 0.478 e. The van der Waals surface area contributed by atoms with E-state index in [0.717, 1.165) is 16.0 Å². The Kier molecular flexibility index (Phi) is 3.53. The molecule has 0 aliphatic heterocycles. The second kappa shape index (κ2) is 5.10. The maximum absolute atomic E-state index is 11.0. The van der Waals surface area contributed by atoms with Gasteiger partial charge in [-0.25, -0.2) is 9.78 Å². The zero-order valence-electron chi connectivity index (χ0n) is 9.75. The Morgan fingerprint density at radius 3 is 2.50 bits per heavy atom. The molecule has 18 heavy (non-hydrogen) atoms. The van der Waals surface area contributed by atoms with Crippen LogP contribution in [0.1, 0.15) is 10.4 Å². The normalized spacial score (nSPS) is 10.3. The molecule has 0 atom stereocenters. The van der Waals surface area contributed by atoms with Crippen molar-refractivity contribution in [2.75, 3.05) is 12.0 Å². The molecule has 1 aromatic heterocycles. The summed E-state index contributed by atoms with van der Waals surface area (Å²) in [5.41, 5.74) is 7.21. The van der Waals surface area contributed by atoms with Gasteiger partial charge in [0.05, 0.1) is 0 Å². The fourth-order valence-electron chi connectivity index (χ4n) is 1.59. The van der Waals surface area contributed by atoms with Gasteiger partial charge in [0.2, 0.25) is 0 Å². The number of carbonyl (C=O) groups is 1. The van der Waals surface area contributed by atoms with Crippen molar-refractivity contribution in [2.45, 2.75) is 4.90 Å². The fourth-order valence-corrected chi connectivity index (χ4v) is 2.00. The summed E-state index contributed by atoms with van der Waals surface area (Å²) < 4.78 is 0. The molecule has 0 unspecified atom stereocenters. The quantitative estimate of drug-likeness (QED) is 0.830. The van der Waals surface area contributed by atoms with Crippen molar-refractivity contribution in [1.82, 2.24) is 4.98 Å². The molecule has 0 fully saturated rings. The molecular weight excluding hydrogens is 248 g/mol. The Morgan fingerprint density at radius 1 is 1.28 bits per heavy atom. The Labute approximate surface area is 109 Å². The van der Waals surface area contributed by atoms with Gasteiger partial charge in [0.15, 0.2) is 0 Å². The number of pyridine rings is 1. The van der Waals surface area contributed by atoms with Gasteiger partial charge in [0.1, 0.15) is 11.4 Å². The molecule has 5 heteroatoms. The number of hydrogen-bond donors (Lipinski definition) is 2. The number of hydrogen-bond acceptors (Lipinski definition) is 4. The zero-order chi connectivity index (χ0) is 13.1. The average molecular weight is 260 g/mol. The van der Waals surface area contributed by atoms with Crippen molar-refractivity contribution in [1.29, 1.82) is 0 Å². The summed E-state index contributed by atoms with van der Waals surface area (Å²) in [5, 5.41) is 9.00. The number of nitrogens with two attached hydrogens (primary N) is 1. The molecule has 0 saturated heterocycles. The van der Waals surface area contributed by atoms with Crippen LogP contribution in [0.5, 0.6) is 0 Å². The topological polar surface area (TPSA) is 76.2 Å². The minimum absolute atomic E-state index is 0.0291. The van der Waals surface area contributed by atoms with Crippen LogP contribution >= 0.6 is 11.8 Å². The van der Waals surface area contributed by atoms with Crippen LogP contribution in [0.15, 0.2) is 41.4 Å². The third-order valence-electron chi connectivity index (χ3n) is 2.57. The van der Waals surface area contributed by atoms with Crippen LogP contribution in [0.3, 0.4) is 0 Å². The minimum atomic E-state index is -1.07. The number of benzene rings is 1. The highest BCUT2D eigenvalue weighted by atomic mass is 32.2. The van der Waals surface area contributed by atoms with Gasteiger partial charge in [-0.3, -0.25) is 0 Å². The number of rotatable bonds is 3. The molecule has 0 aliphatic carbocycles. The summed E-state index contributed by atoms with van der Waals surface area (Å²) in [6, 6.07) is 9.38. The summed E-state index contributed by atoms with van der Waals surface area (Å²) >= 11 is 1.65. The lowest BCUT2D eigenvalue weighted by molar-refractivity contribution is 0.0698. The van der Waals surface area contributed by atoms with Gasteiger partial charge in [-0.05, 0) is 30.0 Å². The summed E-state index contributed by atoms with van der Waals surface area (Å²) in [6.45, 7) is 0. The van der Waals surface area contributed by atoms with Crippen molar-refractivity contribution < 1.29 is 9.90 Å². The first-order valence-electron chi connectivity index (χ1n) is 5.25. The van der Waals surface area contributed by atoms with Crippen LogP contribution < -0.4 is 5.73 Å². The first-order valence-corrected chi connectivity index (χ1v) is 6.47. The van der Waals surface area contributed by atoms with Gasteiger partial charge >= 0.3 is 5.97 Å². The highest BCUT2D eigenvalue weighted by Gasteiger charge is 2.10. The smallest absolute Gasteiger partial charge is 0.339 e. The summed E-state index contributed by atoms with van der Waals surface area (Å²) in [6.07, 6.45) is 3.58. The van der Waals surface area contributed by atoms with Crippen molar-refractivity contribution in [3.05, 3.63) is 42.1 Å². The van der Waals surface area contributed by atoms with E-state index >= 15 is 0 Å². The van der Waals surface area contributed by atoms with E-state index in [9.17, 15) is 4.79 Å². The van der Waals surface area contributed by atoms with E-state index in [-0.39, 0.29) is 11.4 Å². The van der Waals surface area contributed by atoms with Crippen molar-refractivity contribution >= 4 is 23.5 Å². The number of anilines is 1. The van der Waals surface area contributed by atoms with E-state index in [4.69, 9.17) is 10.8 Å². The number of aromatic carboxylic acids is 1. The third-order valence-corrected chi connectivity index (χ3v) is 3.32. The molecule has 1 heterocycles. The Morgan fingerprint density at radius 2 is 1.94 bits per heavy atom. The van der Waals surface area contributed by atoms with Gasteiger partial charge in [-0.2, -0.15) is 0 Å². The number of carboxylic acids is 1. The maximum atomic E-state index is 11.0. The van der Waals surface area contributed by atoms with Gasteiger partial charge in [0, 0.05) is 16.7 Å². The van der Waals surface area contributed by atoms with Gasteiger partial charge < -0.3 is 10.8 Å². The highest BCUT2D eigenvalue weighted by molar-refractivity contribution is 7.98. The highest BCUT2D eigenvalue weighted by Crippen LogP contribution is 2.24. The molecule has 0 saturated carbocycles. The molecule has 4 nitrogen and oxygen atoms in total. The third kappa shape index (κ3) is 2.46. The molecule has 0 amide bonds. The predicted octanol–water partition coefficient (Wildman–Crippen LogP) is 2.75. The van der Waals surface area contributed by atoms with Crippen molar-refractivity contribution in [3.63, 3.8) is 0 Å². The summed E-state index contributed by atoms with van der Waals surface area (Å²) in [7, 11) is 0. The van der Waals surface area contributed by atoms with Gasteiger partial charge in [-0.1, -0.05) is 12.1 Å². The standard InChI is InChI=1S/C13H12N2O2S/c1-18-10-4-2-8(3-5-10)9-6-11(13(16)17)12(14)15-7-9/h2-7H,1H3,(H2,14,15)(H,16,17). The van der Waals surface area contributed by atoms with E-state index in [1.807, 2.05) is 30.5 Å². The van der Waals surface area contributed by atoms with Crippen LogP contribution in [-0.4, -0.2) is 22.3 Å². The Hall–Kier alpha value is -2.01. The van der Waals surface area contributed by atoms with Crippen LogP contribution in [0, 0.1) is 0 Å². The minimum Gasteiger partial charge on any atom is -0.478 e. The number of nitrogen functional groups attached to an aromatic ring is 1. The van der Waals surface area contributed by atoms with Crippen LogP contribution in [0.2, 0.25) is 0 Å². The molecule has 2 rings (SSSR count). The summed E-state index contributed by atoms with van der Waals surface area (Å²) in [4.78, 5) is 16.0. The van der Waals surface area contributed by atoms with Crippen molar-refractivity contribution in [3.8, 4) is 11.1 Å². The van der Waals surface area contributed by atoms with Gasteiger partial charge in [-0.15, -0.1) is 11.8 Å². The zero-order valence-corrected chi connectivity index (χ0v) is 10.6. The molecule has 0 spiro atoms. The lowest BCUT2D eigenvalue weighted by Crippen LogP contribution is -2.04. The van der Waals surface area contributed by atoms with E-state index in [0.29, 0.717) is 0 Å². The second-order valence-corrected chi connectivity index (χ2v) is 4.57. The summed E-state index contributed by atoms with van der Waals surface area (Å²) in [5.74, 6) is -1.03. The molecule has 0 radical (unpaired) electrons. The molecular formula is C13H12N2O2S. The molecule has 0 aliphatic rings. The lowest BCUT2D eigenvalue weighted by Gasteiger charge is -2.05. The SMILES string of the molecule is CSc1ccc(-c2cnc(N)c(C(=O)O)c2)cc1. The van der Waals surface area contributed by atoms with Crippen LogP contribution in [-0.2, 0) is 0 Å². The predicted molar refractivity (Wildman–Crippen MR) is 72.8 cm³/mol. The molecule has 92 valence electrons. The van der Waals surface area contributed by atoms with Gasteiger partial charge in [0.25, 0.3) is 0 Å². The van der Waals surface area contributed by atoms with E-state index in [2.05, 4.69) is 4.98 Å². The molecule has 0 bridgehead atoms. The van der Waals surface area contributed by atoms with E-state index in [1.165, 1.54) is 0 Å². The number of carboxylic acid groups (broad SMARTS) is 1. The maximum Gasteiger partial charge on any atom is 0.339 e. The van der Waals surface area contributed by atoms with Crippen LogP contribution in [0.25, 0.3) is 11.1 Å². The Balaban J connectivity index is 2.44. The first kappa shape index (κ1) is 12.4. The number of thioether (sulfide) groups is 1. The Bertz CT molecular complexity index is 582. The number of nitrogens with zero attached hydrogens (tertiary/aromatic N) is 1. The first-order chi connectivity index (χ1) is 8.61. The van der Waals surface area contributed by atoms with Crippen LogP contribution in [0.4, 0.5) is 5.82 Å². The van der Waals surface area contributed by atoms with E-state index in [1.54, 1.807) is 24.0 Å². The molecule has 3 N–H and O–H groups in total. The lowest BCUT2D eigenvalue weighted by atomic mass is 10.1. The molecule has 1 aromatic carbocycles. The average Bonchev–Trinajstić information content (AvgIpc) is 2.39. The molecule has 2 aromatic rings. The second-order valence-electron chi connectivity index (χ2n) is 3.69. The van der Waals surface area contributed by atoms with E-state index < -0.39 is 5.97 Å². The van der Waals surface area contributed by atoms with Crippen molar-refractivity contribution in [2.24, 2.45) is 0 Å². The fraction of sp³-hybridized carbons (Fsp3) is 0.0769. The monoisotopic (exact) mass is 260 g/mol.